The van der Waals surface area contributed by atoms with Crippen molar-refractivity contribution in [2.45, 2.75) is 44.1 Å². The maximum Gasteiger partial charge on any atom is 0.296 e. The fraction of sp³-hybridized carbons (Fsp3) is 0.900. The maximum absolute atomic E-state index is 12.2. The molecule has 0 aromatic heterocycles. The molecule has 1 aliphatic heterocycles. The van der Waals surface area contributed by atoms with Crippen LogP contribution in [0.3, 0.4) is 0 Å². The normalized spacial score (nSPS) is 30.4. The molecule has 0 aromatic rings. The molecule has 1 saturated heterocycles. The standard InChI is InChI=1S/C10H14F2O2/c11-9(12)8(13)7-2-5-14-10(6-7)3-1-4-10/h7,9H,1-6H2. The van der Waals surface area contributed by atoms with Gasteiger partial charge in [-0.05, 0) is 32.1 Å². The Kier molecular flexibility index (Phi) is 2.56. The van der Waals surface area contributed by atoms with Gasteiger partial charge in [-0.25, -0.2) is 8.78 Å². The Hall–Kier alpha value is -0.510. The second-order valence-corrected chi connectivity index (χ2v) is 4.28. The van der Waals surface area contributed by atoms with Crippen LogP contribution in [0.15, 0.2) is 0 Å². The first kappa shape index (κ1) is 10.0. The number of ketones is 1. The van der Waals surface area contributed by atoms with Gasteiger partial charge < -0.3 is 4.74 Å². The Bertz CT molecular complexity index is 236. The lowest BCUT2D eigenvalue weighted by atomic mass is 9.71. The highest BCUT2D eigenvalue weighted by Crippen LogP contribution is 2.44. The van der Waals surface area contributed by atoms with E-state index in [9.17, 15) is 13.6 Å². The summed E-state index contributed by atoms with van der Waals surface area (Å²) in [5.74, 6) is -1.36. The van der Waals surface area contributed by atoms with Gasteiger partial charge in [0, 0.05) is 12.5 Å². The maximum atomic E-state index is 12.2. The molecule has 14 heavy (non-hydrogen) atoms. The van der Waals surface area contributed by atoms with Crippen LogP contribution in [-0.2, 0) is 9.53 Å². The lowest BCUT2D eigenvalue weighted by Crippen LogP contribution is -2.47. The van der Waals surface area contributed by atoms with Gasteiger partial charge in [0.2, 0.25) is 5.78 Å². The van der Waals surface area contributed by atoms with Gasteiger partial charge in [0.1, 0.15) is 0 Å². The number of hydrogen-bond acceptors (Lipinski definition) is 2. The Labute approximate surface area is 81.6 Å². The fourth-order valence-corrected chi connectivity index (χ4v) is 2.37. The average molecular weight is 204 g/mol. The molecule has 1 saturated carbocycles. The summed E-state index contributed by atoms with van der Waals surface area (Å²) in [4.78, 5) is 11.1. The molecular formula is C10H14F2O2. The van der Waals surface area contributed by atoms with E-state index in [0.29, 0.717) is 19.4 Å². The van der Waals surface area contributed by atoms with Gasteiger partial charge in [-0.1, -0.05) is 0 Å². The highest BCUT2D eigenvalue weighted by Gasteiger charge is 2.45. The second-order valence-electron chi connectivity index (χ2n) is 4.28. The zero-order valence-corrected chi connectivity index (χ0v) is 7.97. The van der Waals surface area contributed by atoms with Gasteiger partial charge in [-0.15, -0.1) is 0 Å². The first-order chi connectivity index (χ1) is 6.63. The molecule has 1 aliphatic carbocycles. The predicted octanol–water partition coefficient (Wildman–Crippen LogP) is 2.17. The topological polar surface area (TPSA) is 26.3 Å². The molecule has 1 spiro atoms. The molecule has 2 aliphatic rings. The molecule has 0 aromatic carbocycles. The van der Waals surface area contributed by atoms with Crippen LogP contribution in [0, 0.1) is 5.92 Å². The Morgan fingerprint density at radius 2 is 2.14 bits per heavy atom. The zero-order chi connectivity index (χ0) is 10.2. The number of ether oxygens (including phenoxy) is 1. The van der Waals surface area contributed by atoms with Crippen molar-refractivity contribution < 1.29 is 18.3 Å². The fourth-order valence-electron chi connectivity index (χ4n) is 2.37. The molecule has 2 fully saturated rings. The quantitative estimate of drug-likeness (QED) is 0.689. The lowest BCUT2D eigenvalue weighted by molar-refractivity contribution is -0.161. The molecule has 0 radical (unpaired) electrons. The third kappa shape index (κ3) is 1.67. The highest BCUT2D eigenvalue weighted by atomic mass is 19.3. The number of alkyl halides is 2. The third-order valence-corrected chi connectivity index (χ3v) is 3.38. The molecule has 0 bridgehead atoms. The number of hydrogen-bond donors (Lipinski definition) is 0. The summed E-state index contributed by atoms with van der Waals surface area (Å²) in [7, 11) is 0. The van der Waals surface area contributed by atoms with Crippen molar-refractivity contribution in [2.24, 2.45) is 5.92 Å². The molecule has 1 atom stereocenters. The molecule has 1 heterocycles. The Morgan fingerprint density at radius 1 is 1.43 bits per heavy atom. The predicted molar refractivity (Wildman–Crippen MR) is 46.3 cm³/mol. The van der Waals surface area contributed by atoms with Gasteiger partial charge in [0.15, 0.2) is 0 Å². The molecule has 2 rings (SSSR count). The zero-order valence-electron chi connectivity index (χ0n) is 7.97. The highest BCUT2D eigenvalue weighted by molar-refractivity contribution is 5.84. The van der Waals surface area contributed by atoms with Crippen LogP contribution >= 0.6 is 0 Å². The molecule has 0 N–H and O–H groups in total. The summed E-state index contributed by atoms with van der Waals surface area (Å²) >= 11 is 0. The van der Waals surface area contributed by atoms with E-state index in [1.807, 2.05) is 0 Å². The lowest BCUT2D eigenvalue weighted by Gasteiger charge is -2.46. The van der Waals surface area contributed by atoms with Crippen LogP contribution in [0.1, 0.15) is 32.1 Å². The number of carbonyl (C=O) groups is 1. The average Bonchev–Trinajstić information content (AvgIpc) is 2.14. The van der Waals surface area contributed by atoms with Gasteiger partial charge in [-0.3, -0.25) is 4.79 Å². The third-order valence-electron chi connectivity index (χ3n) is 3.38. The van der Waals surface area contributed by atoms with Gasteiger partial charge >= 0.3 is 0 Å². The van der Waals surface area contributed by atoms with Crippen LogP contribution in [-0.4, -0.2) is 24.4 Å². The van der Waals surface area contributed by atoms with Crippen LogP contribution < -0.4 is 0 Å². The van der Waals surface area contributed by atoms with Gasteiger partial charge in [0.25, 0.3) is 6.43 Å². The summed E-state index contributed by atoms with van der Waals surface area (Å²) in [6.45, 7) is 0.461. The van der Waals surface area contributed by atoms with Crippen LogP contribution in [0.25, 0.3) is 0 Å². The monoisotopic (exact) mass is 204 g/mol. The van der Waals surface area contributed by atoms with Crippen molar-refractivity contribution in [2.75, 3.05) is 6.61 Å². The minimum atomic E-state index is -2.81. The molecule has 1 unspecified atom stereocenters. The minimum Gasteiger partial charge on any atom is -0.375 e. The number of halogens is 2. The van der Waals surface area contributed by atoms with Crippen molar-refractivity contribution in [1.82, 2.24) is 0 Å². The summed E-state index contributed by atoms with van der Waals surface area (Å²) in [6, 6.07) is 0. The van der Waals surface area contributed by atoms with E-state index in [1.54, 1.807) is 0 Å². The van der Waals surface area contributed by atoms with E-state index in [1.165, 1.54) is 0 Å². The molecule has 80 valence electrons. The summed E-state index contributed by atoms with van der Waals surface area (Å²) < 4.78 is 30.0. The van der Waals surface area contributed by atoms with Gasteiger partial charge in [0.05, 0.1) is 5.60 Å². The molecule has 0 amide bonds. The summed E-state index contributed by atoms with van der Waals surface area (Å²) in [6.07, 6.45) is 1.12. The molecular weight excluding hydrogens is 190 g/mol. The van der Waals surface area contributed by atoms with Gasteiger partial charge in [-0.2, -0.15) is 0 Å². The van der Waals surface area contributed by atoms with Crippen LogP contribution in [0.5, 0.6) is 0 Å². The van der Waals surface area contributed by atoms with Crippen LogP contribution in [0.4, 0.5) is 8.78 Å². The van der Waals surface area contributed by atoms with E-state index >= 15 is 0 Å². The largest absolute Gasteiger partial charge is 0.375 e. The van der Waals surface area contributed by atoms with Crippen LogP contribution in [0.2, 0.25) is 0 Å². The number of carbonyl (C=O) groups excluding carboxylic acids is 1. The van der Waals surface area contributed by atoms with Crippen molar-refractivity contribution in [3.8, 4) is 0 Å². The minimum absolute atomic E-state index is 0.215. The van der Waals surface area contributed by atoms with E-state index in [4.69, 9.17) is 4.74 Å². The number of Topliss-reactive ketones (excluding diaryl/α,β-unsaturated/α-hetero) is 1. The molecule has 2 nitrogen and oxygen atoms in total. The first-order valence-electron chi connectivity index (χ1n) is 5.09. The molecule has 4 heteroatoms. The summed E-state index contributed by atoms with van der Waals surface area (Å²) in [5, 5.41) is 0. The van der Waals surface area contributed by atoms with E-state index in [2.05, 4.69) is 0 Å². The number of rotatable bonds is 2. The van der Waals surface area contributed by atoms with Crippen molar-refractivity contribution in [3.05, 3.63) is 0 Å². The Balaban J connectivity index is 1.97. The first-order valence-corrected chi connectivity index (χ1v) is 5.09. The van der Waals surface area contributed by atoms with Crippen molar-refractivity contribution in [3.63, 3.8) is 0 Å². The van der Waals surface area contributed by atoms with Crippen molar-refractivity contribution >= 4 is 5.78 Å². The van der Waals surface area contributed by atoms with E-state index in [-0.39, 0.29) is 5.60 Å². The Morgan fingerprint density at radius 3 is 2.64 bits per heavy atom. The summed E-state index contributed by atoms with van der Waals surface area (Å²) in [5.41, 5.74) is -0.215. The van der Waals surface area contributed by atoms with E-state index < -0.39 is 18.1 Å². The second kappa shape index (κ2) is 3.57. The smallest absolute Gasteiger partial charge is 0.296 e. The van der Waals surface area contributed by atoms with E-state index in [0.717, 1.165) is 19.3 Å². The SMILES string of the molecule is O=C(C(F)F)C1CCOC2(CCC2)C1. The van der Waals surface area contributed by atoms with Crippen molar-refractivity contribution in [1.29, 1.82) is 0 Å².